The Labute approximate surface area is 143 Å². The van der Waals surface area contributed by atoms with Crippen molar-refractivity contribution in [2.75, 3.05) is 19.7 Å². The second-order valence-corrected chi connectivity index (χ2v) is 6.31. The molecule has 1 aromatic carbocycles. The van der Waals surface area contributed by atoms with Crippen LogP contribution in [-0.4, -0.2) is 42.6 Å². The summed E-state index contributed by atoms with van der Waals surface area (Å²) in [4.78, 5) is 26.1. The zero-order valence-corrected chi connectivity index (χ0v) is 15.0. The predicted octanol–water partition coefficient (Wildman–Crippen LogP) is 2.87. The van der Waals surface area contributed by atoms with Crippen LogP contribution in [0.2, 0.25) is 0 Å². The van der Waals surface area contributed by atoms with E-state index in [1.54, 1.807) is 11.8 Å². The van der Waals surface area contributed by atoms with Crippen molar-refractivity contribution in [3.05, 3.63) is 29.3 Å². The maximum atomic E-state index is 12.6. The predicted molar refractivity (Wildman–Crippen MR) is 91.9 cm³/mol. The normalized spacial score (nSPS) is 16.6. The molecule has 0 saturated carbocycles. The molecule has 5 nitrogen and oxygen atoms in total. The molecule has 132 valence electrons. The SMILES string of the molecule is CCOC(=O)C1CCN(C(=O)[C@@H](C)Oc2cccc(C)c2C)CC1. The number of ether oxygens (including phenoxy) is 2. The minimum Gasteiger partial charge on any atom is -0.481 e. The van der Waals surface area contributed by atoms with Crippen LogP contribution < -0.4 is 4.74 Å². The molecule has 0 spiro atoms. The van der Waals surface area contributed by atoms with E-state index in [1.165, 1.54) is 0 Å². The maximum Gasteiger partial charge on any atom is 0.309 e. The van der Waals surface area contributed by atoms with E-state index < -0.39 is 6.10 Å². The summed E-state index contributed by atoms with van der Waals surface area (Å²) >= 11 is 0. The number of aryl methyl sites for hydroxylation is 1. The Morgan fingerprint density at radius 1 is 1.25 bits per heavy atom. The fraction of sp³-hybridized carbons (Fsp3) is 0.579. The highest BCUT2D eigenvalue weighted by atomic mass is 16.5. The van der Waals surface area contributed by atoms with Crippen LogP contribution in [0.3, 0.4) is 0 Å². The molecule has 0 aliphatic carbocycles. The Morgan fingerprint density at radius 3 is 2.54 bits per heavy atom. The molecule has 24 heavy (non-hydrogen) atoms. The quantitative estimate of drug-likeness (QED) is 0.778. The monoisotopic (exact) mass is 333 g/mol. The summed E-state index contributed by atoms with van der Waals surface area (Å²) in [6, 6.07) is 5.84. The van der Waals surface area contributed by atoms with Crippen molar-refractivity contribution in [1.29, 1.82) is 0 Å². The van der Waals surface area contributed by atoms with Crippen LogP contribution in [0.25, 0.3) is 0 Å². The van der Waals surface area contributed by atoms with E-state index in [-0.39, 0.29) is 17.8 Å². The topological polar surface area (TPSA) is 55.8 Å². The molecule has 1 fully saturated rings. The summed E-state index contributed by atoms with van der Waals surface area (Å²) in [5.74, 6) is 0.476. The first-order valence-electron chi connectivity index (χ1n) is 8.62. The summed E-state index contributed by atoms with van der Waals surface area (Å²) < 4.78 is 10.9. The lowest BCUT2D eigenvalue weighted by atomic mass is 9.96. The minimum atomic E-state index is -0.537. The van der Waals surface area contributed by atoms with Crippen LogP contribution in [0.15, 0.2) is 18.2 Å². The Balaban J connectivity index is 1.90. The standard InChI is InChI=1S/C19H27NO4/c1-5-23-19(22)16-9-11-20(12-10-16)18(21)15(4)24-17-8-6-7-13(2)14(17)3/h6-8,15-16H,5,9-12H2,1-4H3/t15-/m1/s1. The second-order valence-electron chi connectivity index (χ2n) is 6.31. The van der Waals surface area contributed by atoms with E-state index in [9.17, 15) is 9.59 Å². The number of amides is 1. The summed E-state index contributed by atoms with van der Waals surface area (Å²) in [5.41, 5.74) is 2.19. The van der Waals surface area contributed by atoms with Gasteiger partial charge < -0.3 is 14.4 Å². The van der Waals surface area contributed by atoms with Gasteiger partial charge in [0, 0.05) is 13.1 Å². The molecule has 1 aliphatic rings. The van der Waals surface area contributed by atoms with Gasteiger partial charge in [0.25, 0.3) is 5.91 Å². The van der Waals surface area contributed by atoms with Crippen molar-refractivity contribution in [2.45, 2.75) is 46.6 Å². The molecule has 0 unspecified atom stereocenters. The van der Waals surface area contributed by atoms with Crippen LogP contribution in [-0.2, 0) is 14.3 Å². The van der Waals surface area contributed by atoms with Gasteiger partial charge >= 0.3 is 5.97 Å². The third-order valence-corrected chi connectivity index (χ3v) is 4.63. The Bertz CT molecular complexity index is 591. The average molecular weight is 333 g/mol. The van der Waals surface area contributed by atoms with Crippen molar-refractivity contribution >= 4 is 11.9 Å². The smallest absolute Gasteiger partial charge is 0.309 e. The van der Waals surface area contributed by atoms with E-state index in [2.05, 4.69) is 0 Å². The minimum absolute atomic E-state index is 0.0294. The number of rotatable bonds is 5. The summed E-state index contributed by atoms with van der Waals surface area (Å²) in [5, 5.41) is 0. The zero-order valence-electron chi connectivity index (χ0n) is 15.0. The fourth-order valence-electron chi connectivity index (χ4n) is 2.95. The summed E-state index contributed by atoms with van der Waals surface area (Å²) in [6.07, 6.45) is 0.770. The molecule has 0 radical (unpaired) electrons. The highest BCUT2D eigenvalue weighted by Crippen LogP contribution is 2.23. The van der Waals surface area contributed by atoms with Gasteiger partial charge in [-0.05, 0) is 57.7 Å². The molecule has 2 rings (SSSR count). The lowest BCUT2D eigenvalue weighted by Gasteiger charge is -2.32. The number of carbonyl (C=O) groups excluding carboxylic acids is 2. The number of likely N-dealkylation sites (tertiary alicyclic amines) is 1. The first-order valence-corrected chi connectivity index (χ1v) is 8.62. The lowest BCUT2D eigenvalue weighted by molar-refractivity contribution is -0.152. The van der Waals surface area contributed by atoms with Crippen molar-refractivity contribution < 1.29 is 19.1 Å². The number of benzene rings is 1. The number of hydrogen-bond donors (Lipinski definition) is 0. The Morgan fingerprint density at radius 2 is 1.92 bits per heavy atom. The van der Waals surface area contributed by atoms with Crippen LogP contribution in [0.5, 0.6) is 5.75 Å². The van der Waals surface area contributed by atoms with Gasteiger partial charge in [-0.3, -0.25) is 9.59 Å². The van der Waals surface area contributed by atoms with Gasteiger partial charge in [0.05, 0.1) is 12.5 Å². The van der Waals surface area contributed by atoms with Gasteiger partial charge in [-0.15, -0.1) is 0 Å². The molecule has 0 aromatic heterocycles. The van der Waals surface area contributed by atoms with Crippen LogP contribution in [0.1, 0.15) is 37.8 Å². The molecular weight excluding hydrogens is 306 g/mol. The van der Waals surface area contributed by atoms with Crippen LogP contribution in [0, 0.1) is 19.8 Å². The number of piperidine rings is 1. The Hall–Kier alpha value is -2.04. The third-order valence-electron chi connectivity index (χ3n) is 4.63. The molecule has 1 aromatic rings. The fourth-order valence-corrected chi connectivity index (χ4v) is 2.95. The highest BCUT2D eigenvalue weighted by Gasteiger charge is 2.30. The molecular formula is C19H27NO4. The molecule has 1 atom stereocenters. The lowest BCUT2D eigenvalue weighted by Crippen LogP contribution is -2.46. The molecule has 1 heterocycles. The van der Waals surface area contributed by atoms with Crippen molar-refractivity contribution in [2.24, 2.45) is 5.92 Å². The first kappa shape index (κ1) is 18.3. The van der Waals surface area contributed by atoms with Crippen LogP contribution in [0.4, 0.5) is 0 Å². The van der Waals surface area contributed by atoms with Gasteiger partial charge in [-0.2, -0.15) is 0 Å². The molecule has 1 amide bonds. The van der Waals surface area contributed by atoms with Crippen molar-refractivity contribution in [3.63, 3.8) is 0 Å². The van der Waals surface area contributed by atoms with E-state index in [1.807, 2.05) is 39.0 Å². The highest BCUT2D eigenvalue weighted by molar-refractivity contribution is 5.81. The molecule has 1 saturated heterocycles. The third kappa shape index (κ3) is 4.28. The van der Waals surface area contributed by atoms with E-state index in [0.29, 0.717) is 32.5 Å². The second kappa shape index (κ2) is 8.18. The molecule has 0 bridgehead atoms. The number of hydrogen-bond acceptors (Lipinski definition) is 4. The van der Waals surface area contributed by atoms with Gasteiger partial charge in [-0.1, -0.05) is 12.1 Å². The molecule has 0 N–H and O–H groups in total. The number of carbonyl (C=O) groups is 2. The average Bonchev–Trinajstić information content (AvgIpc) is 2.58. The van der Waals surface area contributed by atoms with E-state index in [4.69, 9.17) is 9.47 Å². The zero-order chi connectivity index (χ0) is 17.7. The molecule has 5 heteroatoms. The Kier molecular flexibility index (Phi) is 6.23. The van der Waals surface area contributed by atoms with Crippen LogP contribution >= 0.6 is 0 Å². The first-order chi connectivity index (χ1) is 11.4. The summed E-state index contributed by atoms with van der Waals surface area (Å²) in [7, 11) is 0. The van der Waals surface area contributed by atoms with E-state index in [0.717, 1.165) is 16.9 Å². The summed E-state index contributed by atoms with van der Waals surface area (Å²) in [6.45, 7) is 9.15. The number of esters is 1. The van der Waals surface area contributed by atoms with E-state index >= 15 is 0 Å². The van der Waals surface area contributed by atoms with Gasteiger partial charge in [0.15, 0.2) is 6.10 Å². The van der Waals surface area contributed by atoms with Gasteiger partial charge in [0.2, 0.25) is 0 Å². The number of nitrogens with zero attached hydrogens (tertiary/aromatic N) is 1. The van der Waals surface area contributed by atoms with Gasteiger partial charge in [0.1, 0.15) is 5.75 Å². The van der Waals surface area contributed by atoms with Crippen molar-refractivity contribution in [3.8, 4) is 5.75 Å². The maximum absolute atomic E-state index is 12.6. The molecule has 1 aliphatic heterocycles. The largest absolute Gasteiger partial charge is 0.481 e. The van der Waals surface area contributed by atoms with Crippen molar-refractivity contribution in [1.82, 2.24) is 4.90 Å². The van der Waals surface area contributed by atoms with Gasteiger partial charge in [-0.25, -0.2) is 0 Å².